The normalized spacial score (nSPS) is 11.1. The molecule has 2 aromatic rings. The highest BCUT2D eigenvalue weighted by molar-refractivity contribution is 7.24. The van der Waals surface area contributed by atoms with Crippen molar-refractivity contribution in [1.29, 1.82) is 0 Å². The van der Waals surface area contributed by atoms with Crippen LogP contribution in [0.25, 0.3) is 10.2 Å². The van der Waals surface area contributed by atoms with Crippen molar-refractivity contribution in [2.45, 2.75) is 26.8 Å². The van der Waals surface area contributed by atoms with Gasteiger partial charge < -0.3 is 10.6 Å². The lowest BCUT2D eigenvalue weighted by Crippen LogP contribution is -2.12. The molecule has 0 aromatic carbocycles. The summed E-state index contributed by atoms with van der Waals surface area (Å²) in [5.74, 6) is -0.159. The number of aromatic nitrogens is 2. The van der Waals surface area contributed by atoms with Gasteiger partial charge in [-0.3, -0.25) is 4.79 Å². The van der Waals surface area contributed by atoms with Crippen molar-refractivity contribution in [3.63, 3.8) is 0 Å². The van der Waals surface area contributed by atoms with Crippen LogP contribution in [-0.2, 0) is 4.79 Å². The first-order valence-electron chi connectivity index (χ1n) is 5.58. The van der Waals surface area contributed by atoms with E-state index >= 15 is 0 Å². The minimum absolute atomic E-state index is 0.0801. The Morgan fingerprint density at radius 3 is 2.58 bits per heavy atom. The molecule has 0 atom stereocenters. The van der Waals surface area contributed by atoms with E-state index in [-0.39, 0.29) is 22.4 Å². The number of hydrogen-bond acceptors (Lipinski definition) is 5. The molecule has 0 unspecified atom stereocenters. The lowest BCUT2D eigenvalue weighted by atomic mass is 10.3. The van der Waals surface area contributed by atoms with E-state index in [1.807, 2.05) is 13.8 Å². The SMILES string of the molecule is CC(=O)Nc1sc2c(Cl)nc(Cl)nc2c1NC(C)C. The maximum atomic E-state index is 11.3. The molecule has 2 aromatic heterocycles. The second kappa shape index (κ2) is 5.48. The molecule has 19 heavy (non-hydrogen) atoms. The zero-order chi connectivity index (χ0) is 14.2. The summed E-state index contributed by atoms with van der Waals surface area (Å²) < 4.78 is 0.693. The van der Waals surface area contributed by atoms with Crippen molar-refractivity contribution in [3.8, 4) is 0 Å². The maximum Gasteiger partial charge on any atom is 0.224 e. The van der Waals surface area contributed by atoms with Crippen molar-refractivity contribution in [2.24, 2.45) is 0 Å². The number of nitrogens with one attached hydrogen (secondary N) is 2. The minimum atomic E-state index is -0.159. The van der Waals surface area contributed by atoms with Crippen LogP contribution >= 0.6 is 34.5 Å². The summed E-state index contributed by atoms with van der Waals surface area (Å²) in [6.07, 6.45) is 0. The lowest BCUT2D eigenvalue weighted by molar-refractivity contribution is -0.114. The van der Waals surface area contributed by atoms with E-state index in [1.165, 1.54) is 18.3 Å². The topological polar surface area (TPSA) is 66.9 Å². The largest absolute Gasteiger partial charge is 0.379 e. The predicted octanol–water partition coefficient (Wildman–Crippen LogP) is 3.78. The number of hydrogen-bond donors (Lipinski definition) is 2. The van der Waals surface area contributed by atoms with Crippen LogP contribution in [0.4, 0.5) is 10.7 Å². The third-order valence-electron chi connectivity index (χ3n) is 2.19. The monoisotopic (exact) mass is 318 g/mol. The molecule has 0 radical (unpaired) electrons. The van der Waals surface area contributed by atoms with Crippen molar-refractivity contribution >= 4 is 61.4 Å². The van der Waals surface area contributed by atoms with E-state index in [0.717, 1.165) is 5.69 Å². The smallest absolute Gasteiger partial charge is 0.224 e. The molecule has 5 nitrogen and oxygen atoms in total. The Hall–Kier alpha value is -1.11. The number of thiophene rings is 1. The van der Waals surface area contributed by atoms with Crippen LogP contribution in [0.1, 0.15) is 20.8 Å². The number of nitrogens with zero attached hydrogens (tertiary/aromatic N) is 2. The second-order valence-corrected chi connectivity index (χ2v) is 5.96. The number of carbonyl (C=O) groups is 1. The average molecular weight is 319 g/mol. The Labute approximate surface area is 124 Å². The maximum absolute atomic E-state index is 11.3. The molecule has 0 aliphatic rings. The van der Waals surface area contributed by atoms with Crippen LogP contribution in [0, 0.1) is 0 Å². The highest BCUT2D eigenvalue weighted by Crippen LogP contribution is 2.42. The van der Waals surface area contributed by atoms with Crippen LogP contribution in [0.15, 0.2) is 0 Å². The summed E-state index contributed by atoms with van der Waals surface area (Å²) in [6, 6.07) is 0.179. The molecule has 2 N–H and O–H groups in total. The Kier molecular flexibility index (Phi) is 4.13. The molecule has 0 aliphatic carbocycles. The van der Waals surface area contributed by atoms with Crippen LogP contribution in [0.3, 0.4) is 0 Å². The third kappa shape index (κ3) is 3.08. The first-order chi connectivity index (χ1) is 8.88. The van der Waals surface area contributed by atoms with Crippen molar-refractivity contribution in [2.75, 3.05) is 10.6 Å². The number of carbonyl (C=O) groups excluding carboxylic acids is 1. The van der Waals surface area contributed by atoms with E-state index in [1.54, 1.807) is 0 Å². The molecule has 0 bridgehead atoms. The van der Waals surface area contributed by atoms with Gasteiger partial charge in [0.25, 0.3) is 0 Å². The quantitative estimate of drug-likeness (QED) is 0.667. The van der Waals surface area contributed by atoms with E-state index in [0.29, 0.717) is 15.2 Å². The molecule has 0 aliphatic heterocycles. The zero-order valence-electron chi connectivity index (χ0n) is 10.5. The lowest BCUT2D eigenvalue weighted by Gasteiger charge is -2.11. The van der Waals surface area contributed by atoms with E-state index in [9.17, 15) is 4.79 Å². The zero-order valence-corrected chi connectivity index (χ0v) is 12.9. The number of rotatable bonds is 3. The highest BCUT2D eigenvalue weighted by atomic mass is 35.5. The minimum Gasteiger partial charge on any atom is -0.379 e. The van der Waals surface area contributed by atoms with Gasteiger partial charge in [0.05, 0.1) is 10.4 Å². The fraction of sp³-hybridized carbons (Fsp3) is 0.364. The Morgan fingerprint density at radius 1 is 1.32 bits per heavy atom. The molecule has 0 fully saturated rings. The molecule has 0 saturated heterocycles. The van der Waals surface area contributed by atoms with E-state index in [2.05, 4.69) is 20.6 Å². The van der Waals surface area contributed by atoms with Gasteiger partial charge in [0.2, 0.25) is 11.2 Å². The molecule has 8 heteroatoms. The Balaban J connectivity index is 2.66. The van der Waals surface area contributed by atoms with Gasteiger partial charge in [-0.25, -0.2) is 9.97 Å². The van der Waals surface area contributed by atoms with Gasteiger partial charge in [-0.2, -0.15) is 0 Å². The number of fused-ring (bicyclic) bond motifs is 1. The molecular formula is C11H12Cl2N4OS. The summed E-state index contributed by atoms with van der Waals surface area (Å²) in [7, 11) is 0. The molecule has 0 spiro atoms. The Morgan fingerprint density at radius 2 is 2.00 bits per heavy atom. The van der Waals surface area contributed by atoms with Crippen molar-refractivity contribution < 1.29 is 4.79 Å². The second-order valence-electron chi connectivity index (χ2n) is 4.25. The fourth-order valence-corrected chi connectivity index (χ4v) is 3.12. The summed E-state index contributed by atoms with van der Waals surface area (Å²) in [5, 5.41) is 7.03. The fourth-order valence-electron chi connectivity index (χ4n) is 1.59. The first-order valence-corrected chi connectivity index (χ1v) is 7.15. The van der Waals surface area contributed by atoms with Gasteiger partial charge in [0.1, 0.15) is 10.5 Å². The molecular weight excluding hydrogens is 307 g/mol. The molecule has 0 saturated carbocycles. The van der Waals surface area contributed by atoms with Gasteiger partial charge in [0.15, 0.2) is 5.15 Å². The Bertz CT molecular complexity index is 641. The molecule has 2 rings (SSSR count). The van der Waals surface area contributed by atoms with Gasteiger partial charge in [-0.15, -0.1) is 11.3 Å². The first kappa shape index (κ1) is 14.3. The summed E-state index contributed by atoms with van der Waals surface area (Å²) in [6.45, 7) is 5.43. The predicted molar refractivity (Wildman–Crippen MR) is 80.5 cm³/mol. The third-order valence-corrected chi connectivity index (χ3v) is 3.84. The van der Waals surface area contributed by atoms with Gasteiger partial charge >= 0.3 is 0 Å². The van der Waals surface area contributed by atoms with E-state index < -0.39 is 0 Å². The number of halogens is 2. The summed E-state index contributed by atoms with van der Waals surface area (Å²) in [4.78, 5) is 19.3. The number of amides is 1. The van der Waals surface area contributed by atoms with Gasteiger partial charge in [0, 0.05) is 13.0 Å². The molecule has 102 valence electrons. The van der Waals surface area contributed by atoms with Gasteiger partial charge in [-0.1, -0.05) is 11.6 Å². The highest BCUT2D eigenvalue weighted by Gasteiger charge is 2.18. The summed E-state index contributed by atoms with van der Waals surface area (Å²) in [5.41, 5.74) is 1.34. The summed E-state index contributed by atoms with van der Waals surface area (Å²) >= 11 is 13.2. The molecule has 1 amide bonds. The van der Waals surface area contributed by atoms with Crippen LogP contribution in [0.5, 0.6) is 0 Å². The standard InChI is InChI=1S/C11H12Cl2N4OS/c1-4(2)14-7-6-8(9(12)17-11(13)16-6)19-10(7)15-5(3)18/h4,14H,1-3H3,(H,15,18). The van der Waals surface area contributed by atoms with Crippen LogP contribution in [-0.4, -0.2) is 21.9 Å². The van der Waals surface area contributed by atoms with Crippen LogP contribution < -0.4 is 10.6 Å². The van der Waals surface area contributed by atoms with Crippen LogP contribution in [0.2, 0.25) is 10.4 Å². The average Bonchev–Trinajstić information content (AvgIpc) is 2.56. The van der Waals surface area contributed by atoms with Crippen molar-refractivity contribution in [1.82, 2.24) is 9.97 Å². The van der Waals surface area contributed by atoms with E-state index in [4.69, 9.17) is 23.2 Å². The van der Waals surface area contributed by atoms with Gasteiger partial charge in [-0.05, 0) is 25.4 Å². The molecule has 2 heterocycles. The number of anilines is 2. The van der Waals surface area contributed by atoms with Crippen molar-refractivity contribution in [3.05, 3.63) is 10.4 Å².